The molecule has 2 aliphatic rings. The molecule has 1 fully saturated rings. The molecular weight excluding hydrogens is 302 g/mol. The number of nitrogens with two attached hydrogens (primary N) is 2. The quantitative estimate of drug-likeness (QED) is 0.796. The van der Waals surface area contributed by atoms with Crippen molar-refractivity contribution in [2.75, 3.05) is 38.1 Å². The Balaban J connectivity index is 1.72. The summed E-state index contributed by atoms with van der Waals surface area (Å²) < 4.78 is 0.370. The largest absolute Gasteiger partial charge is 0.384 e. The van der Waals surface area contributed by atoms with E-state index in [1.165, 1.54) is 0 Å². The standard InChI is InChI=1S/C17H28N7/c1-13(2)22-6-8-23(9-7-22)17-5-4-14(11-20-17)24(3)12-21-15(18)10-16(24)19/h4-5,10-13,16H,6-9,18-19H2,1-3H3/q+1. The van der Waals surface area contributed by atoms with E-state index in [4.69, 9.17) is 11.5 Å². The van der Waals surface area contributed by atoms with Crippen LogP contribution in [0.3, 0.4) is 0 Å². The molecular formula is C17H28N7+. The zero-order valence-electron chi connectivity index (χ0n) is 14.8. The van der Waals surface area contributed by atoms with Gasteiger partial charge in [-0.1, -0.05) is 0 Å². The molecule has 0 saturated carbocycles. The van der Waals surface area contributed by atoms with E-state index in [9.17, 15) is 0 Å². The van der Waals surface area contributed by atoms with Gasteiger partial charge in [-0.2, -0.15) is 4.99 Å². The number of aliphatic imine (C=N–C) groups is 1. The average molecular weight is 330 g/mol. The number of quaternary nitrogens is 1. The van der Waals surface area contributed by atoms with Crippen LogP contribution in [-0.2, 0) is 0 Å². The highest BCUT2D eigenvalue weighted by molar-refractivity contribution is 5.76. The number of nitrogens with zero attached hydrogens (tertiary/aromatic N) is 5. The van der Waals surface area contributed by atoms with E-state index in [1.807, 2.05) is 13.2 Å². The summed E-state index contributed by atoms with van der Waals surface area (Å²) in [6.07, 6.45) is 5.19. The Morgan fingerprint density at radius 1 is 1.21 bits per heavy atom. The summed E-state index contributed by atoms with van der Waals surface area (Å²) in [5.41, 5.74) is 13.0. The predicted octanol–water partition coefficient (Wildman–Crippen LogP) is 0.676. The van der Waals surface area contributed by atoms with Crippen LogP contribution in [0.1, 0.15) is 13.8 Å². The van der Waals surface area contributed by atoms with Gasteiger partial charge in [0.1, 0.15) is 11.6 Å². The van der Waals surface area contributed by atoms with E-state index in [-0.39, 0.29) is 6.17 Å². The van der Waals surface area contributed by atoms with Gasteiger partial charge >= 0.3 is 0 Å². The molecule has 0 bridgehead atoms. The Kier molecular flexibility index (Phi) is 4.58. The summed E-state index contributed by atoms with van der Waals surface area (Å²) in [6, 6.07) is 4.76. The van der Waals surface area contributed by atoms with Crippen LogP contribution in [0.25, 0.3) is 0 Å². The van der Waals surface area contributed by atoms with E-state index in [0.717, 1.165) is 37.7 Å². The topological polar surface area (TPSA) is 83.8 Å². The van der Waals surface area contributed by atoms with Crippen molar-refractivity contribution in [3.8, 4) is 0 Å². The lowest BCUT2D eigenvalue weighted by molar-refractivity contribution is 0.209. The summed E-state index contributed by atoms with van der Waals surface area (Å²) in [4.78, 5) is 13.7. The van der Waals surface area contributed by atoms with Gasteiger partial charge in [-0.15, -0.1) is 0 Å². The van der Waals surface area contributed by atoms with Gasteiger partial charge in [-0.05, 0) is 19.9 Å². The number of hydrogen-bond acceptors (Lipinski definition) is 6. The lowest BCUT2D eigenvalue weighted by atomic mass is 10.2. The Bertz CT molecular complexity index is 629. The lowest BCUT2D eigenvalue weighted by Gasteiger charge is -2.38. The Hall–Kier alpha value is -1.96. The first-order valence-corrected chi connectivity index (χ1v) is 8.50. The molecule has 1 aromatic rings. The molecule has 2 atom stereocenters. The molecule has 4 N–H and O–H groups in total. The lowest BCUT2D eigenvalue weighted by Crippen LogP contribution is -2.58. The van der Waals surface area contributed by atoms with Crippen molar-refractivity contribution in [1.82, 2.24) is 14.4 Å². The summed E-state index contributed by atoms with van der Waals surface area (Å²) in [7, 11) is 2.01. The number of anilines is 1. The first-order valence-electron chi connectivity index (χ1n) is 8.50. The van der Waals surface area contributed by atoms with E-state index in [1.54, 1.807) is 12.4 Å². The first kappa shape index (κ1) is 16.9. The molecule has 7 heteroatoms. The number of rotatable bonds is 3. The minimum atomic E-state index is -0.260. The minimum Gasteiger partial charge on any atom is -0.384 e. The molecule has 130 valence electrons. The number of piperazine rings is 1. The van der Waals surface area contributed by atoms with Crippen LogP contribution in [0, 0.1) is 0 Å². The number of pyridine rings is 1. The molecule has 24 heavy (non-hydrogen) atoms. The molecule has 0 aromatic carbocycles. The molecule has 0 radical (unpaired) electrons. The molecule has 0 aliphatic carbocycles. The van der Waals surface area contributed by atoms with E-state index in [0.29, 0.717) is 16.3 Å². The van der Waals surface area contributed by atoms with Crippen LogP contribution in [0.2, 0.25) is 0 Å². The van der Waals surface area contributed by atoms with Gasteiger partial charge in [-0.25, -0.2) is 9.47 Å². The maximum atomic E-state index is 6.24. The first-order chi connectivity index (χ1) is 11.4. The zero-order chi connectivity index (χ0) is 17.3. The summed E-state index contributed by atoms with van der Waals surface area (Å²) >= 11 is 0. The predicted molar refractivity (Wildman–Crippen MR) is 99.6 cm³/mol. The van der Waals surface area contributed by atoms with Crippen molar-refractivity contribution < 1.29 is 0 Å². The normalized spacial score (nSPS) is 28.3. The monoisotopic (exact) mass is 330 g/mol. The highest BCUT2D eigenvalue weighted by Gasteiger charge is 2.33. The smallest absolute Gasteiger partial charge is 0.198 e. The van der Waals surface area contributed by atoms with Crippen LogP contribution in [0.5, 0.6) is 0 Å². The zero-order valence-corrected chi connectivity index (χ0v) is 14.8. The van der Waals surface area contributed by atoms with Gasteiger partial charge in [0.2, 0.25) is 0 Å². The van der Waals surface area contributed by atoms with Gasteiger partial charge in [0.25, 0.3) is 0 Å². The Labute approximate surface area is 143 Å². The average Bonchev–Trinajstić information content (AvgIpc) is 2.59. The van der Waals surface area contributed by atoms with Gasteiger partial charge in [0, 0.05) is 44.4 Å². The van der Waals surface area contributed by atoms with Crippen molar-refractivity contribution in [3.63, 3.8) is 0 Å². The number of likely N-dealkylation sites (N-methyl/N-ethyl adjacent to an activating group) is 1. The minimum absolute atomic E-state index is 0.260. The maximum Gasteiger partial charge on any atom is 0.198 e. The molecule has 1 aromatic heterocycles. The fraction of sp³-hybridized carbons (Fsp3) is 0.529. The summed E-state index contributed by atoms with van der Waals surface area (Å²) in [6.45, 7) is 8.68. The SMILES string of the molecule is CC(C)N1CCN(c2ccc([N+]3(C)C=NC(N)=CC3N)cn2)CC1. The van der Waals surface area contributed by atoms with Gasteiger partial charge in [0.05, 0.1) is 13.2 Å². The van der Waals surface area contributed by atoms with Crippen LogP contribution in [0.15, 0.2) is 35.2 Å². The third-order valence-electron chi connectivity index (χ3n) is 5.06. The molecule has 0 spiro atoms. The van der Waals surface area contributed by atoms with E-state index < -0.39 is 0 Å². The van der Waals surface area contributed by atoms with E-state index in [2.05, 4.69) is 45.8 Å². The van der Waals surface area contributed by atoms with Gasteiger partial charge in [0.15, 0.2) is 18.2 Å². The second-order valence-corrected chi connectivity index (χ2v) is 6.97. The van der Waals surface area contributed by atoms with Crippen LogP contribution < -0.4 is 20.9 Å². The van der Waals surface area contributed by atoms with Gasteiger partial charge in [-0.3, -0.25) is 10.6 Å². The van der Waals surface area contributed by atoms with Crippen molar-refractivity contribution >= 4 is 17.8 Å². The Morgan fingerprint density at radius 2 is 1.92 bits per heavy atom. The summed E-state index contributed by atoms with van der Waals surface area (Å²) in [5.74, 6) is 1.48. The molecule has 2 unspecified atom stereocenters. The molecule has 3 heterocycles. The molecule has 3 rings (SSSR count). The van der Waals surface area contributed by atoms with Crippen molar-refractivity contribution in [2.24, 2.45) is 16.5 Å². The highest BCUT2D eigenvalue weighted by atomic mass is 15.4. The fourth-order valence-electron chi connectivity index (χ4n) is 3.19. The molecule has 1 saturated heterocycles. The van der Waals surface area contributed by atoms with Crippen LogP contribution in [0.4, 0.5) is 11.5 Å². The Morgan fingerprint density at radius 3 is 2.46 bits per heavy atom. The third kappa shape index (κ3) is 3.15. The van der Waals surface area contributed by atoms with Crippen LogP contribution >= 0.6 is 0 Å². The summed E-state index contributed by atoms with van der Waals surface area (Å²) in [5, 5.41) is 0. The second kappa shape index (κ2) is 6.51. The molecule has 2 aliphatic heterocycles. The van der Waals surface area contributed by atoms with Crippen molar-refractivity contribution in [1.29, 1.82) is 0 Å². The maximum absolute atomic E-state index is 6.24. The molecule has 0 amide bonds. The second-order valence-electron chi connectivity index (χ2n) is 6.97. The van der Waals surface area contributed by atoms with Gasteiger partial charge < -0.3 is 10.6 Å². The number of hydrogen-bond donors (Lipinski definition) is 2. The number of aromatic nitrogens is 1. The fourth-order valence-corrected chi connectivity index (χ4v) is 3.19. The highest BCUT2D eigenvalue weighted by Crippen LogP contribution is 2.25. The third-order valence-corrected chi connectivity index (χ3v) is 5.06. The van der Waals surface area contributed by atoms with Crippen molar-refractivity contribution in [2.45, 2.75) is 26.1 Å². The van der Waals surface area contributed by atoms with E-state index >= 15 is 0 Å². The van der Waals surface area contributed by atoms with Crippen LogP contribution in [-0.4, -0.2) is 61.7 Å². The van der Waals surface area contributed by atoms with Crippen molar-refractivity contribution in [3.05, 3.63) is 30.2 Å². The molecule has 7 nitrogen and oxygen atoms in total.